The SMILES string of the molecule is CCN(CC)CCSCCCC(C)(C)C(=O)O. The lowest BCUT2D eigenvalue weighted by Gasteiger charge is -2.19. The number of carboxylic acids is 1. The molecule has 0 aromatic heterocycles. The first-order chi connectivity index (χ1) is 7.94. The van der Waals surface area contributed by atoms with E-state index in [4.69, 9.17) is 5.11 Å². The molecule has 0 spiro atoms. The molecule has 0 aromatic carbocycles. The van der Waals surface area contributed by atoms with Crippen LogP contribution in [-0.2, 0) is 4.79 Å². The van der Waals surface area contributed by atoms with Crippen LogP contribution in [0, 0.1) is 5.41 Å². The Morgan fingerprint density at radius 3 is 2.29 bits per heavy atom. The van der Waals surface area contributed by atoms with Gasteiger partial charge in [0, 0.05) is 12.3 Å². The first-order valence-corrected chi connectivity index (χ1v) is 7.63. The fraction of sp³-hybridized carbons (Fsp3) is 0.923. The Morgan fingerprint density at radius 1 is 1.24 bits per heavy atom. The highest BCUT2D eigenvalue weighted by Gasteiger charge is 2.25. The highest BCUT2D eigenvalue weighted by molar-refractivity contribution is 7.99. The van der Waals surface area contributed by atoms with Gasteiger partial charge in [-0.25, -0.2) is 0 Å². The number of hydrogen-bond donors (Lipinski definition) is 1. The summed E-state index contributed by atoms with van der Waals surface area (Å²) in [7, 11) is 0. The van der Waals surface area contributed by atoms with Gasteiger partial charge in [-0.2, -0.15) is 11.8 Å². The minimum atomic E-state index is -0.689. The Kier molecular flexibility index (Phi) is 8.70. The zero-order chi connectivity index (χ0) is 13.3. The fourth-order valence-corrected chi connectivity index (χ4v) is 2.50. The molecule has 0 aliphatic heterocycles. The van der Waals surface area contributed by atoms with Gasteiger partial charge in [0.2, 0.25) is 0 Å². The monoisotopic (exact) mass is 261 g/mol. The number of aliphatic carboxylic acids is 1. The molecule has 0 radical (unpaired) electrons. The maximum Gasteiger partial charge on any atom is 0.309 e. The molecule has 1 N–H and O–H groups in total. The van der Waals surface area contributed by atoms with Crippen LogP contribution in [0.1, 0.15) is 40.5 Å². The van der Waals surface area contributed by atoms with Gasteiger partial charge in [0.1, 0.15) is 0 Å². The molecular formula is C13H27NO2S. The number of rotatable bonds is 10. The van der Waals surface area contributed by atoms with Crippen molar-refractivity contribution in [1.29, 1.82) is 0 Å². The number of thioether (sulfide) groups is 1. The molecule has 0 fully saturated rings. The van der Waals surface area contributed by atoms with Crippen LogP contribution >= 0.6 is 11.8 Å². The predicted molar refractivity (Wildman–Crippen MR) is 75.8 cm³/mol. The van der Waals surface area contributed by atoms with E-state index in [0.29, 0.717) is 0 Å². The summed E-state index contributed by atoms with van der Waals surface area (Å²) in [5, 5.41) is 8.97. The molecule has 17 heavy (non-hydrogen) atoms. The third-order valence-corrected chi connectivity index (χ3v) is 4.16. The molecule has 0 aliphatic rings. The second kappa shape index (κ2) is 8.81. The third-order valence-electron chi connectivity index (χ3n) is 3.12. The second-order valence-corrected chi connectivity index (χ2v) is 6.16. The van der Waals surface area contributed by atoms with Crippen LogP contribution in [0.15, 0.2) is 0 Å². The van der Waals surface area contributed by atoms with Crippen molar-refractivity contribution < 1.29 is 9.90 Å². The van der Waals surface area contributed by atoms with E-state index in [1.165, 1.54) is 0 Å². The van der Waals surface area contributed by atoms with Gasteiger partial charge in [0.25, 0.3) is 0 Å². The van der Waals surface area contributed by atoms with E-state index < -0.39 is 11.4 Å². The minimum absolute atomic E-state index is 0.570. The normalized spacial score (nSPS) is 12.1. The van der Waals surface area contributed by atoms with Crippen molar-refractivity contribution in [2.75, 3.05) is 31.1 Å². The maximum absolute atomic E-state index is 10.9. The lowest BCUT2D eigenvalue weighted by atomic mass is 9.88. The summed E-state index contributed by atoms with van der Waals surface area (Å²) in [5.41, 5.74) is -0.570. The third kappa shape index (κ3) is 7.66. The molecule has 0 unspecified atom stereocenters. The van der Waals surface area contributed by atoms with Crippen LogP contribution in [0.3, 0.4) is 0 Å². The van der Waals surface area contributed by atoms with Gasteiger partial charge in [-0.15, -0.1) is 0 Å². The Morgan fingerprint density at radius 2 is 1.82 bits per heavy atom. The summed E-state index contributed by atoms with van der Waals surface area (Å²) in [6.07, 6.45) is 1.75. The van der Waals surface area contributed by atoms with Crippen LogP contribution in [-0.4, -0.2) is 47.1 Å². The van der Waals surface area contributed by atoms with Crippen molar-refractivity contribution in [3.8, 4) is 0 Å². The van der Waals surface area contributed by atoms with E-state index >= 15 is 0 Å². The highest BCUT2D eigenvalue weighted by atomic mass is 32.2. The quantitative estimate of drug-likeness (QED) is 0.614. The van der Waals surface area contributed by atoms with Gasteiger partial charge in [0.15, 0.2) is 0 Å². The fourth-order valence-electron chi connectivity index (χ4n) is 1.56. The molecule has 0 bridgehead atoms. The Labute approximate surface area is 110 Å². The molecule has 0 amide bonds. The average Bonchev–Trinajstić information content (AvgIpc) is 2.28. The van der Waals surface area contributed by atoms with Crippen molar-refractivity contribution in [2.45, 2.75) is 40.5 Å². The minimum Gasteiger partial charge on any atom is -0.481 e. The van der Waals surface area contributed by atoms with Crippen LogP contribution in [0.5, 0.6) is 0 Å². The topological polar surface area (TPSA) is 40.5 Å². The van der Waals surface area contributed by atoms with Gasteiger partial charge in [-0.3, -0.25) is 4.79 Å². The summed E-state index contributed by atoms with van der Waals surface area (Å²) in [5.74, 6) is 1.53. The van der Waals surface area contributed by atoms with Crippen LogP contribution in [0.4, 0.5) is 0 Å². The first kappa shape index (κ1) is 16.8. The first-order valence-electron chi connectivity index (χ1n) is 6.47. The molecule has 0 aromatic rings. The van der Waals surface area contributed by atoms with Crippen molar-refractivity contribution >= 4 is 17.7 Å². The number of hydrogen-bond acceptors (Lipinski definition) is 3. The summed E-state index contributed by atoms with van der Waals surface area (Å²) in [6.45, 7) is 11.3. The number of carboxylic acid groups (broad SMARTS) is 1. The Bertz CT molecular complexity index is 215. The molecule has 3 nitrogen and oxygen atoms in total. The van der Waals surface area contributed by atoms with Crippen molar-refractivity contribution in [3.63, 3.8) is 0 Å². The van der Waals surface area contributed by atoms with Crippen molar-refractivity contribution in [2.24, 2.45) is 5.41 Å². The van der Waals surface area contributed by atoms with E-state index in [9.17, 15) is 4.79 Å². The number of nitrogens with zero attached hydrogens (tertiary/aromatic N) is 1. The zero-order valence-corrected chi connectivity index (χ0v) is 12.5. The molecule has 0 saturated heterocycles. The summed E-state index contributed by atoms with van der Waals surface area (Å²) in [4.78, 5) is 13.3. The van der Waals surface area contributed by atoms with Gasteiger partial charge in [-0.1, -0.05) is 13.8 Å². The molecule has 0 heterocycles. The largest absolute Gasteiger partial charge is 0.481 e. The second-order valence-electron chi connectivity index (χ2n) is 4.93. The Hall–Kier alpha value is -0.220. The van der Waals surface area contributed by atoms with Crippen LogP contribution in [0.25, 0.3) is 0 Å². The molecule has 0 atom stereocenters. The van der Waals surface area contributed by atoms with Gasteiger partial charge in [0.05, 0.1) is 5.41 Å². The summed E-state index contributed by atoms with van der Waals surface area (Å²) in [6, 6.07) is 0. The smallest absolute Gasteiger partial charge is 0.309 e. The van der Waals surface area contributed by atoms with E-state index in [-0.39, 0.29) is 0 Å². The lowest BCUT2D eigenvalue weighted by Crippen LogP contribution is -2.25. The molecule has 0 saturated carbocycles. The lowest BCUT2D eigenvalue weighted by molar-refractivity contribution is -0.147. The van der Waals surface area contributed by atoms with Crippen LogP contribution < -0.4 is 0 Å². The van der Waals surface area contributed by atoms with Gasteiger partial charge in [-0.05, 0) is 45.5 Å². The van der Waals surface area contributed by atoms with Crippen molar-refractivity contribution in [3.05, 3.63) is 0 Å². The standard InChI is InChI=1S/C13H27NO2S/c1-5-14(6-2)9-11-17-10-7-8-13(3,4)12(15)16/h5-11H2,1-4H3,(H,15,16). The predicted octanol–water partition coefficient (Wildman–Crippen LogP) is 2.95. The molecule has 0 rings (SSSR count). The van der Waals surface area contributed by atoms with Crippen LogP contribution in [0.2, 0.25) is 0 Å². The van der Waals surface area contributed by atoms with Crippen molar-refractivity contribution in [1.82, 2.24) is 4.90 Å². The Balaban J connectivity index is 3.50. The van der Waals surface area contributed by atoms with E-state index in [2.05, 4.69) is 18.7 Å². The highest BCUT2D eigenvalue weighted by Crippen LogP contribution is 2.23. The van der Waals surface area contributed by atoms with Gasteiger partial charge < -0.3 is 10.0 Å². The average molecular weight is 261 g/mol. The molecule has 102 valence electrons. The number of carbonyl (C=O) groups is 1. The maximum atomic E-state index is 10.9. The van der Waals surface area contributed by atoms with E-state index in [0.717, 1.165) is 44.0 Å². The van der Waals surface area contributed by atoms with Gasteiger partial charge >= 0.3 is 5.97 Å². The molecular weight excluding hydrogens is 234 g/mol. The molecule has 4 heteroatoms. The summed E-state index contributed by atoms with van der Waals surface area (Å²) >= 11 is 1.93. The van der Waals surface area contributed by atoms with E-state index in [1.54, 1.807) is 13.8 Å². The summed E-state index contributed by atoms with van der Waals surface area (Å²) < 4.78 is 0. The zero-order valence-electron chi connectivity index (χ0n) is 11.7. The van der Waals surface area contributed by atoms with E-state index in [1.807, 2.05) is 11.8 Å². The molecule has 0 aliphatic carbocycles.